The van der Waals surface area contributed by atoms with Crippen molar-refractivity contribution in [3.63, 3.8) is 0 Å². The summed E-state index contributed by atoms with van der Waals surface area (Å²) in [4.78, 5) is 23.7. The zero-order valence-electron chi connectivity index (χ0n) is 10.6. The van der Waals surface area contributed by atoms with Crippen LogP contribution in [-0.2, 0) is 9.59 Å². The number of carbonyl (C=O) groups excluding carboxylic acids is 2. The van der Waals surface area contributed by atoms with Gasteiger partial charge in [0.15, 0.2) is 0 Å². The third kappa shape index (κ3) is 2.53. The quantitative estimate of drug-likeness (QED) is 0.749. The summed E-state index contributed by atoms with van der Waals surface area (Å²) in [5.41, 5.74) is 0.898. The van der Waals surface area contributed by atoms with E-state index in [-0.39, 0.29) is 11.8 Å². The van der Waals surface area contributed by atoms with Crippen LogP contribution in [0.2, 0.25) is 0 Å². The van der Waals surface area contributed by atoms with Crippen LogP contribution in [0.15, 0.2) is 30.3 Å². The number of hydrazine groups is 1. The SMILES string of the molecule is CCCCN(c1ccccc1)N1C(=O)CCC1=O. The predicted molar refractivity (Wildman–Crippen MR) is 69.8 cm³/mol. The molecule has 0 aromatic heterocycles. The molecule has 0 bridgehead atoms. The van der Waals surface area contributed by atoms with E-state index in [1.54, 1.807) is 5.01 Å². The normalized spacial score (nSPS) is 15.3. The van der Waals surface area contributed by atoms with Crippen LogP contribution in [0.25, 0.3) is 0 Å². The number of nitrogens with zero attached hydrogens (tertiary/aromatic N) is 2. The average molecular weight is 246 g/mol. The van der Waals surface area contributed by atoms with Crippen molar-refractivity contribution >= 4 is 17.5 Å². The van der Waals surface area contributed by atoms with Crippen molar-refractivity contribution in [2.24, 2.45) is 0 Å². The molecule has 0 aliphatic carbocycles. The van der Waals surface area contributed by atoms with Gasteiger partial charge in [0.25, 0.3) is 0 Å². The molecular weight excluding hydrogens is 228 g/mol. The van der Waals surface area contributed by atoms with E-state index in [0.29, 0.717) is 19.4 Å². The van der Waals surface area contributed by atoms with Crippen molar-refractivity contribution in [2.45, 2.75) is 32.6 Å². The van der Waals surface area contributed by atoms with Gasteiger partial charge in [0.1, 0.15) is 0 Å². The molecule has 2 rings (SSSR count). The highest BCUT2D eigenvalue weighted by molar-refractivity contribution is 6.03. The minimum Gasteiger partial charge on any atom is -0.276 e. The molecule has 2 amide bonds. The van der Waals surface area contributed by atoms with Crippen molar-refractivity contribution < 1.29 is 9.59 Å². The highest BCUT2D eigenvalue weighted by Crippen LogP contribution is 2.22. The van der Waals surface area contributed by atoms with Gasteiger partial charge in [-0.3, -0.25) is 14.6 Å². The number of carbonyl (C=O) groups is 2. The van der Waals surface area contributed by atoms with Crippen LogP contribution >= 0.6 is 0 Å². The smallest absolute Gasteiger partial charge is 0.248 e. The number of anilines is 1. The Bertz CT molecular complexity index is 415. The fourth-order valence-corrected chi connectivity index (χ4v) is 2.09. The first-order valence-electron chi connectivity index (χ1n) is 6.42. The Labute approximate surface area is 107 Å². The zero-order valence-corrected chi connectivity index (χ0v) is 10.6. The second kappa shape index (κ2) is 5.67. The average Bonchev–Trinajstić information content (AvgIpc) is 2.72. The van der Waals surface area contributed by atoms with E-state index in [4.69, 9.17) is 0 Å². The molecule has 4 heteroatoms. The fraction of sp³-hybridized carbons (Fsp3) is 0.429. The number of para-hydroxylation sites is 1. The molecular formula is C14H18N2O2. The highest BCUT2D eigenvalue weighted by atomic mass is 16.2. The first-order chi connectivity index (χ1) is 8.74. The molecule has 96 valence electrons. The van der Waals surface area contributed by atoms with E-state index in [1.807, 2.05) is 30.3 Å². The molecule has 1 fully saturated rings. The molecule has 1 heterocycles. The van der Waals surface area contributed by atoms with E-state index in [0.717, 1.165) is 18.5 Å². The molecule has 0 spiro atoms. The van der Waals surface area contributed by atoms with Crippen molar-refractivity contribution in [2.75, 3.05) is 11.6 Å². The Kier molecular flexibility index (Phi) is 3.97. The number of amides is 2. The lowest BCUT2D eigenvalue weighted by atomic mass is 10.3. The molecule has 0 unspecified atom stereocenters. The van der Waals surface area contributed by atoms with E-state index in [1.165, 1.54) is 5.01 Å². The predicted octanol–water partition coefficient (Wildman–Crippen LogP) is 2.36. The maximum atomic E-state index is 11.8. The van der Waals surface area contributed by atoms with Crippen molar-refractivity contribution in [1.29, 1.82) is 0 Å². The van der Waals surface area contributed by atoms with E-state index in [2.05, 4.69) is 6.92 Å². The van der Waals surface area contributed by atoms with Crippen LogP contribution in [0, 0.1) is 0 Å². The Morgan fingerprint density at radius 3 is 2.28 bits per heavy atom. The molecule has 0 radical (unpaired) electrons. The van der Waals surface area contributed by atoms with Crippen LogP contribution in [0.5, 0.6) is 0 Å². The van der Waals surface area contributed by atoms with Gasteiger partial charge in [-0.15, -0.1) is 0 Å². The minimum atomic E-state index is -0.0973. The third-order valence-electron chi connectivity index (χ3n) is 3.04. The van der Waals surface area contributed by atoms with E-state index in [9.17, 15) is 9.59 Å². The molecule has 18 heavy (non-hydrogen) atoms. The van der Waals surface area contributed by atoms with Crippen LogP contribution in [0.4, 0.5) is 5.69 Å². The summed E-state index contributed by atoms with van der Waals surface area (Å²) < 4.78 is 0. The molecule has 1 aliphatic rings. The summed E-state index contributed by atoms with van der Waals surface area (Å²) in [7, 11) is 0. The third-order valence-corrected chi connectivity index (χ3v) is 3.04. The number of unbranched alkanes of at least 4 members (excludes halogenated alkanes) is 1. The van der Waals surface area contributed by atoms with Crippen LogP contribution in [0.3, 0.4) is 0 Å². The lowest BCUT2D eigenvalue weighted by molar-refractivity contribution is -0.139. The number of hydrogen-bond donors (Lipinski definition) is 0. The summed E-state index contributed by atoms with van der Waals surface area (Å²) in [6.07, 6.45) is 2.63. The van der Waals surface area contributed by atoms with E-state index < -0.39 is 0 Å². The molecule has 1 aromatic carbocycles. The Balaban J connectivity index is 2.25. The summed E-state index contributed by atoms with van der Waals surface area (Å²) >= 11 is 0. The first kappa shape index (κ1) is 12.6. The molecule has 4 nitrogen and oxygen atoms in total. The van der Waals surface area contributed by atoms with Gasteiger partial charge < -0.3 is 0 Å². The molecule has 1 saturated heterocycles. The van der Waals surface area contributed by atoms with E-state index >= 15 is 0 Å². The molecule has 1 aromatic rings. The largest absolute Gasteiger partial charge is 0.276 e. The summed E-state index contributed by atoms with van der Waals surface area (Å²) in [5.74, 6) is -0.195. The standard InChI is InChI=1S/C14H18N2O2/c1-2-3-11-15(12-7-5-4-6-8-12)16-13(17)9-10-14(16)18/h4-8H,2-3,9-11H2,1H3. The number of rotatable bonds is 5. The van der Waals surface area contributed by atoms with Gasteiger partial charge in [0.2, 0.25) is 11.8 Å². The fourth-order valence-electron chi connectivity index (χ4n) is 2.09. The van der Waals surface area contributed by atoms with Crippen LogP contribution in [0.1, 0.15) is 32.6 Å². The molecule has 0 N–H and O–H groups in total. The van der Waals surface area contributed by atoms with Gasteiger partial charge >= 0.3 is 0 Å². The number of hydrogen-bond acceptors (Lipinski definition) is 3. The van der Waals surface area contributed by atoms with Gasteiger partial charge in [-0.1, -0.05) is 31.5 Å². The second-order valence-electron chi connectivity index (χ2n) is 4.41. The number of imide groups is 1. The molecule has 1 aliphatic heterocycles. The molecule has 0 saturated carbocycles. The summed E-state index contributed by atoms with van der Waals surface area (Å²) in [5, 5.41) is 3.12. The van der Waals surface area contributed by atoms with Gasteiger partial charge in [-0.2, -0.15) is 5.01 Å². The lowest BCUT2D eigenvalue weighted by Crippen LogP contribution is -2.46. The van der Waals surface area contributed by atoms with Crippen molar-refractivity contribution in [1.82, 2.24) is 5.01 Å². The Morgan fingerprint density at radius 2 is 1.72 bits per heavy atom. The number of benzene rings is 1. The van der Waals surface area contributed by atoms with Crippen LogP contribution in [-0.4, -0.2) is 23.4 Å². The van der Waals surface area contributed by atoms with Gasteiger partial charge in [0.05, 0.1) is 5.69 Å². The summed E-state index contributed by atoms with van der Waals surface area (Å²) in [6, 6.07) is 9.61. The van der Waals surface area contributed by atoms with Crippen molar-refractivity contribution in [3.8, 4) is 0 Å². The van der Waals surface area contributed by atoms with Gasteiger partial charge in [-0.25, -0.2) is 0 Å². The first-order valence-corrected chi connectivity index (χ1v) is 6.42. The monoisotopic (exact) mass is 246 g/mol. The van der Waals surface area contributed by atoms with Crippen molar-refractivity contribution in [3.05, 3.63) is 30.3 Å². The Morgan fingerprint density at radius 1 is 1.11 bits per heavy atom. The maximum absolute atomic E-state index is 11.8. The lowest BCUT2D eigenvalue weighted by Gasteiger charge is -2.31. The topological polar surface area (TPSA) is 40.6 Å². The molecule has 0 atom stereocenters. The zero-order chi connectivity index (χ0) is 13.0. The van der Waals surface area contributed by atoms with Gasteiger partial charge in [-0.05, 0) is 18.6 Å². The van der Waals surface area contributed by atoms with Crippen LogP contribution < -0.4 is 5.01 Å². The minimum absolute atomic E-state index is 0.0973. The van der Waals surface area contributed by atoms with Gasteiger partial charge in [0, 0.05) is 19.4 Å². The second-order valence-corrected chi connectivity index (χ2v) is 4.41. The summed E-state index contributed by atoms with van der Waals surface area (Å²) in [6.45, 7) is 2.79. The Hall–Kier alpha value is -1.84. The maximum Gasteiger partial charge on any atom is 0.248 e. The highest BCUT2D eigenvalue weighted by Gasteiger charge is 2.33.